The molecule has 0 N–H and O–H groups in total. The summed E-state index contributed by atoms with van der Waals surface area (Å²) in [6.45, 7) is 0. The lowest BCUT2D eigenvalue weighted by Crippen LogP contribution is -1.85. The number of ether oxygens (including phenoxy) is 1. The molecule has 1 radical (unpaired) electrons. The molecule has 2 heteroatoms. The molecular formula is C11H9O2. The standard InChI is InChI=1S/C11H9O2/c1-12-11-5-3-2-4-10(11)9-6-7-13-8-9/h2-7H,1H3. The van der Waals surface area contributed by atoms with Crippen LogP contribution in [0.1, 0.15) is 0 Å². The average molecular weight is 173 g/mol. The van der Waals surface area contributed by atoms with Crippen molar-refractivity contribution in [3.63, 3.8) is 0 Å². The van der Waals surface area contributed by atoms with Crippen LogP contribution in [0.25, 0.3) is 11.1 Å². The fourth-order valence-corrected chi connectivity index (χ4v) is 1.25. The number of methoxy groups -OCH3 is 1. The minimum absolute atomic E-state index is 0.833. The zero-order valence-corrected chi connectivity index (χ0v) is 7.28. The zero-order valence-electron chi connectivity index (χ0n) is 7.28. The Morgan fingerprint density at radius 2 is 2.08 bits per heavy atom. The molecule has 1 aromatic carbocycles. The number of rotatable bonds is 2. The second kappa shape index (κ2) is 3.35. The highest BCUT2D eigenvalue weighted by Gasteiger charge is 2.05. The molecule has 1 heterocycles. The number of benzene rings is 1. The van der Waals surface area contributed by atoms with Gasteiger partial charge in [0.15, 0.2) is 6.26 Å². The molecule has 2 nitrogen and oxygen atoms in total. The predicted octanol–water partition coefficient (Wildman–Crippen LogP) is 2.76. The van der Waals surface area contributed by atoms with Crippen molar-refractivity contribution < 1.29 is 9.15 Å². The highest BCUT2D eigenvalue weighted by Crippen LogP contribution is 2.28. The third-order valence-corrected chi connectivity index (χ3v) is 1.87. The molecular weight excluding hydrogens is 164 g/mol. The Bertz CT molecular complexity index is 377. The van der Waals surface area contributed by atoms with Crippen LogP contribution in [0.15, 0.2) is 41.0 Å². The molecule has 0 aliphatic rings. The van der Waals surface area contributed by atoms with Crippen molar-refractivity contribution in [2.45, 2.75) is 0 Å². The summed E-state index contributed by atoms with van der Waals surface area (Å²) in [4.78, 5) is 0. The molecule has 0 aliphatic heterocycles. The van der Waals surface area contributed by atoms with Gasteiger partial charge >= 0.3 is 0 Å². The number of furan rings is 1. The molecule has 0 atom stereocenters. The molecule has 0 saturated carbocycles. The first-order valence-corrected chi connectivity index (χ1v) is 4.00. The van der Waals surface area contributed by atoms with Crippen LogP contribution in [0.2, 0.25) is 0 Å². The Morgan fingerprint density at radius 3 is 2.77 bits per heavy atom. The van der Waals surface area contributed by atoms with E-state index in [9.17, 15) is 0 Å². The van der Waals surface area contributed by atoms with Crippen molar-refractivity contribution in [1.29, 1.82) is 0 Å². The van der Waals surface area contributed by atoms with Crippen LogP contribution in [0.3, 0.4) is 0 Å². The van der Waals surface area contributed by atoms with Gasteiger partial charge in [0.2, 0.25) is 0 Å². The predicted molar refractivity (Wildman–Crippen MR) is 49.5 cm³/mol. The largest absolute Gasteiger partial charge is 0.496 e. The Hall–Kier alpha value is -1.70. The summed E-state index contributed by atoms with van der Waals surface area (Å²) in [6, 6.07) is 9.63. The average Bonchev–Trinajstić information content (AvgIpc) is 2.70. The molecule has 0 spiro atoms. The quantitative estimate of drug-likeness (QED) is 0.696. The van der Waals surface area contributed by atoms with Gasteiger partial charge in [-0.1, -0.05) is 18.2 Å². The van der Waals surface area contributed by atoms with E-state index >= 15 is 0 Å². The maximum Gasteiger partial charge on any atom is 0.177 e. The molecule has 0 bridgehead atoms. The lowest BCUT2D eigenvalue weighted by molar-refractivity contribution is 0.416. The Balaban J connectivity index is 2.51. The SMILES string of the molecule is COc1ccccc1-c1[c]occ1. The van der Waals surface area contributed by atoms with Crippen LogP contribution in [-0.4, -0.2) is 7.11 Å². The molecule has 0 unspecified atom stereocenters. The van der Waals surface area contributed by atoms with Crippen LogP contribution in [0.4, 0.5) is 0 Å². The lowest BCUT2D eigenvalue weighted by Gasteiger charge is -2.04. The highest BCUT2D eigenvalue weighted by molar-refractivity contribution is 5.68. The number of hydrogen-bond acceptors (Lipinski definition) is 2. The summed E-state index contributed by atoms with van der Waals surface area (Å²) >= 11 is 0. The van der Waals surface area contributed by atoms with Crippen LogP contribution >= 0.6 is 0 Å². The topological polar surface area (TPSA) is 22.4 Å². The highest BCUT2D eigenvalue weighted by atomic mass is 16.5. The van der Waals surface area contributed by atoms with E-state index < -0.39 is 0 Å². The van der Waals surface area contributed by atoms with E-state index in [0.717, 1.165) is 16.9 Å². The van der Waals surface area contributed by atoms with Crippen LogP contribution in [0, 0.1) is 6.26 Å². The summed E-state index contributed by atoms with van der Waals surface area (Å²) in [6.07, 6.45) is 4.37. The van der Waals surface area contributed by atoms with Gasteiger partial charge in [-0.05, 0) is 12.1 Å². The maximum absolute atomic E-state index is 5.21. The molecule has 2 aromatic rings. The van der Waals surface area contributed by atoms with Crippen molar-refractivity contribution in [2.75, 3.05) is 7.11 Å². The molecule has 13 heavy (non-hydrogen) atoms. The van der Waals surface area contributed by atoms with Gasteiger partial charge in [0.1, 0.15) is 5.75 Å². The third-order valence-electron chi connectivity index (χ3n) is 1.87. The summed E-state index contributed by atoms with van der Waals surface area (Å²) < 4.78 is 10.1. The number of para-hydroxylation sites is 1. The first-order chi connectivity index (χ1) is 6.42. The van der Waals surface area contributed by atoms with Crippen molar-refractivity contribution in [2.24, 2.45) is 0 Å². The smallest absolute Gasteiger partial charge is 0.177 e. The van der Waals surface area contributed by atoms with Gasteiger partial charge in [-0.2, -0.15) is 0 Å². The van der Waals surface area contributed by atoms with E-state index in [2.05, 4.69) is 6.26 Å². The molecule has 0 amide bonds. The van der Waals surface area contributed by atoms with Crippen LogP contribution in [0.5, 0.6) is 5.75 Å². The summed E-state index contributed by atoms with van der Waals surface area (Å²) in [5.74, 6) is 0.833. The molecule has 65 valence electrons. The van der Waals surface area contributed by atoms with E-state index in [0.29, 0.717) is 0 Å². The van der Waals surface area contributed by atoms with E-state index in [4.69, 9.17) is 9.15 Å². The first kappa shape index (κ1) is 7.92. The van der Waals surface area contributed by atoms with Gasteiger partial charge in [-0.3, -0.25) is 0 Å². The third kappa shape index (κ3) is 1.43. The van der Waals surface area contributed by atoms with Gasteiger partial charge < -0.3 is 9.15 Å². The maximum atomic E-state index is 5.21. The summed E-state index contributed by atoms with van der Waals surface area (Å²) in [5, 5.41) is 0. The number of hydrogen-bond donors (Lipinski definition) is 0. The van der Waals surface area contributed by atoms with Gasteiger partial charge in [-0.15, -0.1) is 0 Å². The Morgan fingerprint density at radius 1 is 1.23 bits per heavy atom. The lowest BCUT2D eigenvalue weighted by atomic mass is 10.1. The molecule has 2 rings (SSSR count). The van der Waals surface area contributed by atoms with E-state index in [1.807, 2.05) is 30.3 Å². The van der Waals surface area contributed by atoms with E-state index in [1.54, 1.807) is 13.4 Å². The van der Waals surface area contributed by atoms with Gasteiger partial charge in [0.05, 0.1) is 13.4 Å². The van der Waals surface area contributed by atoms with Crippen molar-refractivity contribution in [3.05, 3.63) is 42.9 Å². The second-order valence-corrected chi connectivity index (χ2v) is 2.64. The molecule has 1 aromatic heterocycles. The fourth-order valence-electron chi connectivity index (χ4n) is 1.25. The van der Waals surface area contributed by atoms with Gasteiger partial charge in [0.25, 0.3) is 0 Å². The molecule has 0 fully saturated rings. The van der Waals surface area contributed by atoms with Crippen LogP contribution in [-0.2, 0) is 0 Å². The summed E-state index contributed by atoms with van der Waals surface area (Å²) in [7, 11) is 1.65. The fraction of sp³-hybridized carbons (Fsp3) is 0.0909. The minimum atomic E-state index is 0.833. The zero-order chi connectivity index (χ0) is 9.10. The molecule has 0 aliphatic carbocycles. The second-order valence-electron chi connectivity index (χ2n) is 2.64. The van der Waals surface area contributed by atoms with Gasteiger partial charge in [-0.25, -0.2) is 0 Å². The van der Waals surface area contributed by atoms with Crippen molar-refractivity contribution in [1.82, 2.24) is 0 Å². The monoisotopic (exact) mass is 173 g/mol. The van der Waals surface area contributed by atoms with Gasteiger partial charge in [0, 0.05) is 11.1 Å². The molecule has 0 saturated heterocycles. The van der Waals surface area contributed by atoms with E-state index in [-0.39, 0.29) is 0 Å². The minimum Gasteiger partial charge on any atom is -0.496 e. The van der Waals surface area contributed by atoms with E-state index in [1.165, 1.54) is 0 Å². The summed E-state index contributed by atoms with van der Waals surface area (Å²) in [5.41, 5.74) is 1.91. The van der Waals surface area contributed by atoms with Crippen molar-refractivity contribution in [3.8, 4) is 16.9 Å². The Kier molecular flexibility index (Phi) is 2.04. The first-order valence-electron chi connectivity index (χ1n) is 4.00. The van der Waals surface area contributed by atoms with Crippen LogP contribution < -0.4 is 4.74 Å². The normalized spacial score (nSPS) is 9.92. The van der Waals surface area contributed by atoms with Crippen molar-refractivity contribution >= 4 is 0 Å². The Labute approximate surface area is 76.8 Å².